The van der Waals surface area contributed by atoms with Crippen LogP contribution < -0.4 is 5.32 Å². The Balaban J connectivity index is 2.11. The zero-order valence-electron chi connectivity index (χ0n) is 15.2. The first-order chi connectivity index (χ1) is 12.7. The van der Waals surface area contributed by atoms with Crippen LogP contribution in [0.25, 0.3) is 0 Å². The summed E-state index contributed by atoms with van der Waals surface area (Å²) in [6.07, 6.45) is 0.563. The zero-order chi connectivity index (χ0) is 20.0. The second kappa shape index (κ2) is 9.30. The first kappa shape index (κ1) is 21.3. The molecule has 1 atom stereocenters. The first-order valence-electron chi connectivity index (χ1n) is 8.54. The summed E-state index contributed by atoms with van der Waals surface area (Å²) in [6, 6.07) is 11.2. The van der Waals surface area contributed by atoms with Crippen LogP contribution >= 0.6 is 11.6 Å². The number of amides is 1. The number of nitrogens with zero attached hydrogens (tertiary/aromatic N) is 1. The predicted octanol–water partition coefficient (Wildman–Crippen LogP) is 3.76. The number of benzene rings is 2. The molecule has 0 aliphatic heterocycles. The molecule has 0 radical (unpaired) electrons. The number of hydrogen-bond donors (Lipinski definition) is 1. The second-order valence-electron chi connectivity index (χ2n) is 6.13. The van der Waals surface area contributed by atoms with E-state index in [2.05, 4.69) is 5.32 Å². The third-order valence-electron chi connectivity index (χ3n) is 3.99. The van der Waals surface area contributed by atoms with Crippen LogP contribution in [0.15, 0.2) is 53.4 Å². The molecule has 0 aliphatic carbocycles. The average Bonchev–Trinajstić information content (AvgIpc) is 2.62. The highest BCUT2D eigenvalue weighted by Crippen LogP contribution is 2.19. The Morgan fingerprint density at radius 3 is 2.30 bits per heavy atom. The van der Waals surface area contributed by atoms with Crippen molar-refractivity contribution in [3.8, 4) is 0 Å². The van der Waals surface area contributed by atoms with Gasteiger partial charge in [-0.3, -0.25) is 4.79 Å². The number of sulfonamides is 1. The van der Waals surface area contributed by atoms with E-state index in [9.17, 15) is 17.6 Å². The van der Waals surface area contributed by atoms with Crippen molar-refractivity contribution in [3.05, 3.63) is 64.9 Å². The van der Waals surface area contributed by atoms with E-state index in [0.717, 1.165) is 9.87 Å². The number of halogens is 2. The smallest absolute Gasteiger partial charge is 0.243 e. The van der Waals surface area contributed by atoms with Gasteiger partial charge >= 0.3 is 0 Å². The van der Waals surface area contributed by atoms with Gasteiger partial charge in [-0.15, -0.1) is 0 Å². The molecule has 1 amide bonds. The second-order valence-corrected chi connectivity index (χ2v) is 8.51. The molecule has 0 aliphatic rings. The first-order valence-corrected chi connectivity index (χ1v) is 10.4. The van der Waals surface area contributed by atoms with Crippen LogP contribution in [0.3, 0.4) is 0 Å². The quantitative estimate of drug-likeness (QED) is 0.717. The predicted molar refractivity (Wildman–Crippen MR) is 103 cm³/mol. The van der Waals surface area contributed by atoms with Crippen molar-refractivity contribution >= 4 is 27.5 Å². The Morgan fingerprint density at radius 2 is 1.74 bits per heavy atom. The topological polar surface area (TPSA) is 66.5 Å². The molecule has 0 spiro atoms. The summed E-state index contributed by atoms with van der Waals surface area (Å²) >= 11 is 5.82. The zero-order valence-corrected chi connectivity index (χ0v) is 16.7. The fourth-order valence-electron chi connectivity index (χ4n) is 2.57. The van der Waals surface area contributed by atoms with Gasteiger partial charge in [-0.1, -0.05) is 30.7 Å². The summed E-state index contributed by atoms with van der Waals surface area (Å²) in [5, 5.41) is 3.18. The number of rotatable bonds is 8. The molecule has 2 aromatic rings. The van der Waals surface area contributed by atoms with Gasteiger partial charge in [-0.05, 0) is 55.3 Å². The summed E-state index contributed by atoms with van der Waals surface area (Å²) in [6.45, 7) is 3.50. The molecule has 0 bridgehead atoms. The summed E-state index contributed by atoms with van der Waals surface area (Å²) in [7, 11) is -3.82. The van der Waals surface area contributed by atoms with Crippen molar-refractivity contribution in [2.45, 2.75) is 31.2 Å². The van der Waals surface area contributed by atoms with Crippen LogP contribution in [0.1, 0.15) is 31.9 Å². The van der Waals surface area contributed by atoms with Crippen molar-refractivity contribution in [2.75, 3.05) is 13.1 Å². The number of nitrogens with one attached hydrogen (secondary N) is 1. The van der Waals surface area contributed by atoms with Crippen molar-refractivity contribution in [2.24, 2.45) is 0 Å². The van der Waals surface area contributed by atoms with E-state index in [1.165, 1.54) is 36.4 Å². The fraction of sp³-hybridized carbons (Fsp3) is 0.316. The van der Waals surface area contributed by atoms with Gasteiger partial charge in [0.2, 0.25) is 15.9 Å². The van der Waals surface area contributed by atoms with Gasteiger partial charge in [-0.25, -0.2) is 12.8 Å². The van der Waals surface area contributed by atoms with Crippen LogP contribution in [0.4, 0.5) is 4.39 Å². The molecule has 1 N–H and O–H groups in total. The Bertz CT molecular complexity index is 871. The highest BCUT2D eigenvalue weighted by Gasteiger charge is 2.26. The average molecular weight is 413 g/mol. The lowest BCUT2D eigenvalue weighted by molar-refractivity contribution is -0.121. The molecule has 8 heteroatoms. The van der Waals surface area contributed by atoms with Crippen LogP contribution in [0.5, 0.6) is 0 Å². The Hall–Kier alpha value is -1.96. The van der Waals surface area contributed by atoms with Crippen LogP contribution in [0.2, 0.25) is 5.02 Å². The lowest BCUT2D eigenvalue weighted by atomic mass is 10.1. The molecular formula is C19H22ClFN2O3S. The van der Waals surface area contributed by atoms with E-state index in [0.29, 0.717) is 11.4 Å². The molecule has 0 aromatic heterocycles. The van der Waals surface area contributed by atoms with Crippen LogP contribution in [0, 0.1) is 5.82 Å². The molecule has 0 heterocycles. The van der Waals surface area contributed by atoms with Crippen molar-refractivity contribution in [1.82, 2.24) is 9.62 Å². The normalized spacial score (nSPS) is 12.8. The maximum Gasteiger partial charge on any atom is 0.243 e. The molecule has 0 saturated carbocycles. The maximum atomic E-state index is 13.0. The lowest BCUT2D eigenvalue weighted by Gasteiger charge is -2.22. The Morgan fingerprint density at radius 1 is 1.15 bits per heavy atom. The molecule has 27 heavy (non-hydrogen) atoms. The highest BCUT2D eigenvalue weighted by atomic mass is 35.5. The van der Waals surface area contributed by atoms with Gasteiger partial charge in [0.1, 0.15) is 5.82 Å². The molecule has 2 aromatic carbocycles. The van der Waals surface area contributed by atoms with Gasteiger partial charge in [0.15, 0.2) is 0 Å². The minimum Gasteiger partial charge on any atom is -0.348 e. The molecule has 5 nitrogen and oxygen atoms in total. The number of carbonyl (C=O) groups excluding carboxylic acids is 1. The monoisotopic (exact) mass is 412 g/mol. The van der Waals surface area contributed by atoms with Crippen LogP contribution in [-0.2, 0) is 14.8 Å². The lowest BCUT2D eigenvalue weighted by Crippen LogP contribution is -2.41. The van der Waals surface area contributed by atoms with E-state index in [1.807, 2.05) is 6.92 Å². The van der Waals surface area contributed by atoms with E-state index in [-0.39, 0.29) is 29.8 Å². The summed E-state index contributed by atoms with van der Waals surface area (Å²) in [5.41, 5.74) is 0.729. The number of hydrogen-bond acceptors (Lipinski definition) is 3. The van der Waals surface area contributed by atoms with Crippen molar-refractivity contribution in [1.29, 1.82) is 0 Å². The molecular weight excluding hydrogens is 391 g/mol. The third-order valence-corrected chi connectivity index (χ3v) is 6.10. The van der Waals surface area contributed by atoms with E-state index < -0.39 is 15.9 Å². The molecule has 1 unspecified atom stereocenters. The SMILES string of the molecule is CCCN(CC(=O)NC(C)c1ccc(F)cc1)S(=O)(=O)c1ccc(Cl)cc1. The molecule has 146 valence electrons. The van der Waals surface area contributed by atoms with Gasteiger partial charge < -0.3 is 5.32 Å². The maximum absolute atomic E-state index is 13.0. The van der Waals surface area contributed by atoms with Crippen LogP contribution in [-0.4, -0.2) is 31.7 Å². The minimum absolute atomic E-state index is 0.0831. The summed E-state index contributed by atoms with van der Waals surface area (Å²) < 4.78 is 39.8. The van der Waals surface area contributed by atoms with Gasteiger partial charge in [0, 0.05) is 11.6 Å². The third kappa shape index (κ3) is 5.76. The minimum atomic E-state index is -3.82. The van der Waals surface area contributed by atoms with Gasteiger partial charge in [0.05, 0.1) is 17.5 Å². The van der Waals surface area contributed by atoms with Gasteiger partial charge in [-0.2, -0.15) is 4.31 Å². The van der Waals surface area contributed by atoms with Gasteiger partial charge in [0.25, 0.3) is 0 Å². The Labute approximate surface area is 164 Å². The fourth-order valence-corrected chi connectivity index (χ4v) is 4.19. The summed E-state index contributed by atoms with van der Waals surface area (Å²) in [5.74, 6) is -0.793. The van der Waals surface area contributed by atoms with Crippen molar-refractivity contribution < 1.29 is 17.6 Å². The molecule has 0 saturated heterocycles. The molecule has 2 rings (SSSR count). The standard InChI is InChI=1S/C19H22ClFN2O3S/c1-3-12-23(27(25,26)18-10-6-16(20)7-11-18)13-19(24)22-14(2)15-4-8-17(21)9-5-15/h4-11,14H,3,12-13H2,1-2H3,(H,22,24). The highest BCUT2D eigenvalue weighted by molar-refractivity contribution is 7.89. The van der Waals surface area contributed by atoms with E-state index in [4.69, 9.17) is 11.6 Å². The summed E-state index contributed by atoms with van der Waals surface area (Å²) in [4.78, 5) is 12.5. The van der Waals surface area contributed by atoms with E-state index >= 15 is 0 Å². The van der Waals surface area contributed by atoms with Crippen molar-refractivity contribution in [3.63, 3.8) is 0 Å². The molecule has 0 fully saturated rings. The van der Waals surface area contributed by atoms with E-state index in [1.54, 1.807) is 19.1 Å². The largest absolute Gasteiger partial charge is 0.348 e. The Kier molecular flexibility index (Phi) is 7.35. The number of carbonyl (C=O) groups is 1.